The number of nitrogens with zero attached hydrogens (tertiary/aromatic N) is 4. The van der Waals surface area contributed by atoms with Crippen LogP contribution in [0.2, 0.25) is 0 Å². The second-order valence-corrected chi connectivity index (χ2v) is 5.60. The molecule has 3 rings (SSSR count). The molecular formula is C16H20N4O2. The van der Waals surface area contributed by atoms with Gasteiger partial charge in [0.25, 0.3) is 5.91 Å². The van der Waals surface area contributed by atoms with E-state index in [0.717, 1.165) is 38.1 Å². The summed E-state index contributed by atoms with van der Waals surface area (Å²) in [7, 11) is 0. The van der Waals surface area contributed by atoms with Crippen molar-refractivity contribution in [1.82, 2.24) is 20.0 Å². The summed E-state index contributed by atoms with van der Waals surface area (Å²) in [5.41, 5.74) is 0.486. The molecule has 3 heterocycles. The van der Waals surface area contributed by atoms with Gasteiger partial charge < -0.3 is 9.42 Å². The van der Waals surface area contributed by atoms with E-state index in [1.807, 2.05) is 17.0 Å². The molecule has 0 saturated carbocycles. The zero-order valence-electron chi connectivity index (χ0n) is 12.7. The first-order valence-electron chi connectivity index (χ1n) is 7.80. The van der Waals surface area contributed by atoms with Gasteiger partial charge in [-0.3, -0.25) is 9.78 Å². The third kappa shape index (κ3) is 3.16. The fourth-order valence-electron chi connectivity index (χ4n) is 2.77. The van der Waals surface area contributed by atoms with E-state index in [4.69, 9.17) is 4.52 Å². The number of carbonyl (C=O) groups excluding carboxylic acids is 1. The van der Waals surface area contributed by atoms with Crippen molar-refractivity contribution in [2.75, 3.05) is 13.1 Å². The Bertz CT molecular complexity index is 626. The Labute approximate surface area is 129 Å². The highest BCUT2D eigenvalue weighted by molar-refractivity contribution is 5.92. The molecule has 2 aromatic heterocycles. The summed E-state index contributed by atoms with van der Waals surface area (Å²) in [4.78, 5) is 22.9. The molecule has 1 fully saturated rings. The number of piperidine rings is 1. The first-order chi connectivity index (χ1) is 10.8. The molecular weight excluding hydrogens is 280 g/mol. The highest BCUT2D eigenvalue weighted by Gasteiger charge is 2.29. The van der Waals surface area contributed by atoms with Gasteiger partial charge in [0.15, 0.2) is 5.82 Å². The number of rotatable bonds is 4. The first kappa shape index (κ1) is 14.7. The van der Waals surface area contributed by atoms with E-state index in [-0.39, 0.29) is 11.8 Å². The quantitative estimate of drug-likeness (QED) is 0.867. The molecule has 1 saturated heterocycles. The average Bonchev–Trinajstić information content (AvgIpc) is 3.04. The number of aryl methyl sites for hydroxylation is 1. The maximum atomic E-state index is 12.5. The third-order valence-electron chi connectivity index (χ3n) is 3.90. The first-order valence-corrected chi connectivity index (χ1v) is 7.80. The highest BCUT2D eigenvalue weighted by atomic mass is 16.5. The molecule has 0 spiro atoms. The van der Waals surface area contributed by atoms with Gasteiger partial charge in [-0.25, -0.2) is 0 Å². The summed E-state index contributed by atoms with van der Waals surface area (Å²) in [6.07, 6.45) is 5.37. The molecule has 1 amide bonds. The van der Waals surface area contributed by atoms with Gasteiger partial charge >= 0.3 is 0 Å². The topological polar surface area (TPSA) is 72.1 Å². The van der Waals surface area contributed by atoms with Gasteiger partial charge in [-0.05, 0) is 31.4 Å². The fourth-order valence-corrected chi connectivity index (χ4v) is 2.77. The van der Waals surface area contributed by atoms with Gasteiger partial charge in [-0.1, -0.05) is 18.1 Å². The van der Waals surface area contributed by atoms with Crippen LogP contribution in [0.1, 0.15) is 54.3 Å². The second-order valence-electron chi connectivity index (χ2n) is 5.60. The summed E-state index contributed by atoms with van der Waals surface area (Å²) >= 11 is 0. The lowest BCUT2D eigenvalue weighted by Crippen LogP contribution is -2.39. The molecule has 2 aromatic rings. The van der Waals surface area contributed by atoms with Crippen molar-refractivity contribution >= 4 is 5.91 Å². The standard InChI is InChI=1S/C16H20N4O2/c1-2-6-14-18-15(22-19-14)12-7-5-10-20(11-12)16(21)13-8-3-4-9-17-13/h3-4,8-9,12H,2,5-7,10-11H2,1H3. The number of aromatic nitrogens is 3. The van der Waals surface area contributed by atoms with E-state index in [1.165, 1.54) is 0 Å². The maximum Gasteiger partial charge on any atom is 0.272 e. The van der Waals surface area contributed by atoms with Gasteiger partial charge in [-0.15, -0.1) is 0 Å². The maximum absolute atomic E-state index is 12.5. The Morgan fingerprint density at radius 2 is 2.36 bits per heavy atom. The van der Waals surface area contributed by atoms with Gasteiger partial charge in [-0.2, -0.15) is 4.98 Å². The number of pyridine rings is 1. The van der Waals surface area contributed by atoms with Crippen LogP contribution in [0.5, 0.6) is 0 Å². The molecule has 1 atom stereocenters. The third-order valence-corrected chi connectivity index (χ3v) is 3.90. The van der Waals surface area contributed by atoms with Crippen LogP contribution in [0.3, 0.4) is 0 Å². The zero-order chi connectivity index (χ0) is 15.4. The molecule has 0 N–H and O–H groups in total. The highest BCUT2D eigenvalue weighted by Crippen LogP contribution is 2.26. The molecule has 0 aromatic carbocycles. The van der Waals surface area contributed by atoms with Crippen LogP contribution in [0.4, 0.5) is 0 Å². The SMILES string of the molecule is CCCc1noc(C2CCCN(C(=O)c3ccccn3)C2)n1. The smallest absolute Gasteiger partial charge is 0.272 e. The van der Waals surface area contributed by atoms with Crippen LogP contribution in [0.25, 0.3) is 0 Å². The van der Waals surface area contributed by atoms with Crippen molar-refractivity contribution in [2.24, 2.45) is 0 Å². The lowest BCUT2D eigenvalue weighted by atomic mass is 9.97. The van der Waals surface area contributed by atoms with Crippen LogP contribution in [0.15, 0.2) is 28.9 Å². The average molecular weight is 300 g/mol. The predicted molar refractivity (Wildman–Crippen MR) is 80.4 cm³/mol. The molecule has 6 nitrogen and oxygen atoms in total. The molecule has 1 unspecified atom stereocenters. The lowest BCUT2D eigenvalue weighted by Gasteiger charge is -2.30. The molecule has 0 aliphatic carbocycles. The minimum Gasteiger partial charge on any atom is -0.339 e. The monoisotopic (exact) mass is 300 g/mol. The van der Waals surface area contributed by atoms with Crippen LogP contribution in [-0.2, 0) is 6.42 Å². The van der Waals surface area contributed by atoms with Crippen molar-refractivity contribution in [3.63, 3.8) is 0 Å². The molecule has 1 aliphatic rings. The number of hydrogen-bond acceptors (Lipinski definition) is 5. The van der Waals surface area contributed by atoms with Gasteiger partial charge in [0.2, 0.25) is 5.89 Å². The Hall–Kier alpha value is -2.24. The Balaban J connectivity index is 1.69. The summed E-state index contributed by atoms with van der Waals surface area (Å²) < 4.78 is 5.38. The minimum absolute atomic E-state index is 0.0291. The normalized spacial score (nSPS) is 18.4. The van der Waals surface area contributed by atoms with Crippen molar-refractivity contribution in [3.8, 4) is 0 Å². The van der Waals surface area contributed by atoms with Gasteiger partial charge in [0.1, 0.15) is 5.69 Å². The number of amides is 1. The Kier molecular flexibility index (Phi) is 4.46. The van der Waals surface area contributed by atoms with Crippen molar-refractivity contribution in [1.29, 1.82) is 0 Å². The van der Waals surface area contributed by atoms with E-state index < -0.39 is 0 Å². The van der Waals surface area contributed by atoms with Gasteiger partial charge in [0, 0.05) is 25.7 Å². The Morgan fingerprint density at radius 3 is 3.14 bits per heavy atom. The lowest BCUT2D eigenvalue weighted by molar-refractivity contribution is 0.0689. The molecule has 1 aliphatic heterocycles. The molecule has 116 valence electrons. The fraction of sp³-hybridized carbons (Fsp3) is 0.500. The summed E-state index contributed by atoms with van der Waals surface area (Å²) in [5, 5.41) is 4.01. The van der Waals surface area contributed by atoms with Crippen molar-refractivity contribution in [3.05, 3.63) is 41.8 Å². The largest absolute Gasteiger partial charge is 0.339 e. The number of hydrogen-bond donors (Lipinski definition) is 0. The van der Waals surface area contributed by atoms with Gasteiger partial charge in [0.05, 0.1) is 5.92 Å². The van der Waals surface area contributed by atoms with E-state index in [2.05, 4.69) is 22.0 Å². The Morgan fingerprint density at radius 1 is 1.45 bits per heavy atom. The van der Waals surface area contributed by atoms with Crippen LogP contribution in [-0.4, -0.2) is 39.0 Å². The van der Waals surface area contributed by atoms with Crippen molar-refractivity contribution < 1.29 is 9.32 Å². The van der Waals surface area contributed by atoms with Crippen LogP contribution < -0.4 is 0 Å². The molecule has 6 heteroatoms. The van der Waals surface area contributed by atoms with E-state index in [1.54, 1.807) is 12.3 Å². The summed E-state index contributed by atoms with van der Waals surface area (Å²) in [5.74, 6) is 1.51. The molecule has 0 bridgehead atoms. The van der Waals surface area contributed by atoms with E-state index in [9.17, 15) is 4.79 Å². The predicted octanol–water partition coefficient (Wildman–Crippen LogP) is 2.44. The van der Waals surface area contributed by atoms with E-state index >= 15 is 0 Å². The zero-order valence-corrected chi connectivity index (χ0v) is 12.7. The summed E-state index contributed by atoms with van der Waals surface area (Å²) in [6, 6.07) is 5.39. The van der Waals surface area contributed by atoms with E-state index in [0.29, 0.717) is 18.1 Å². The van der Waals surface area contributed by atoms with Crippen LogP contribution in [0, 0.1) is 0 Å². The number of carbonyl (C=O) groups is 1. The molecule has 22 heavy (non-hydrogen) atoms. The van der Waals surface area contributed by atoms with Crippen LogP contribution >= 0.6 is 0 Å². The summed E-state index contributed by atoms with van der Waals surface area (Å²) in [6.45, 7) is 3.45. The molecule has 0 radical (unpaired) electrons. The second kappa shape index (κ2) is 6.68. The minimum atomic E-state index is -0.0291. The number of likely N-dealkylation sites (tertiary alicyclic amines) is 1. The van der Waals surface area contributed by atoms with Crippen molar-refractivity contribution in [2.45, 2.75) is 38.5 Å².